The molecular formula is C21H17BrO2. The molecule has 24 heavy (non-hydrogen) atoms. The van der Waals surface area contributed by atoms with E-state index < -0.39 is 12.0 Å². The maximum Gasteiger partial charge on any atom is 0.173 e. The summed E-state index contributed by atoms with van der Waals surface area (Å²) < 4.78 is 0.934. The number of carbonyl (C=O) groups excluding carboxylic acids is 1. The van der Waals surface area contributed by atoms with E-state index in [0.29, 0.717) is 5.56 Å². The molecule has 2 atom stereocenters. The number of hydrogen-bond donors (Lipinski definition) is 1. The number of rotatable bonds is 5. The summed E-state index contributed by atoms with van der Waals surface area (Å²) in [6, 6.07) is 26.0. The van der Waals surface area contributed by atoms with E-state index >= 15 is 0 Å². The number of hydrogen-bond acceptors (Lipinski definition) is 2. The van der Waals surface area contributed by atoms with E-state index in [2.05, 4.69) is 15.9 Å². The molecule has 0 aliphatic heterocycles. The van der Waals surface area contributed by atoms with Crippen LogP contribution in [0.3, 0.4) is 0 Å². The third-order valence-electron chi connectivity index (χ3n) is 4.03. The van der Waals surface area contributed by atoms with Crippen LogP contribution in [0.25, 0.3) is 0 Å². The summed E-state index contributed by atoms with van der Waals surface area (Å²) in [5.74, 6) is -0.730. The Morgan fingerprint density at radius 3 is 1.88 bits per heavy atom. The van der Waals surface area contributed by atoms with Crippen molar-refractivity contribution in [3.8, 4) is 0 Å². The molecule has 3 aromatic rings. The Kier molecular flexibility index (Phi) is 5.24. The Hall–Kier alpha value is -2.23. The van der Waals surface area contributed by atoms with Crippen molar-refractivity contribution in [1.82, 2.24) is 0 Å². The molecule has 0 saturated carbocycles. The minimum Gasteiger partial charge on any atom is -0.387 e. The molecule has 0 aliphatic rings. The molecule has 0 spiro atoms. The van der Waals surface area contributed by atoms with E-state index in [4.69, 9.17) is 0 Å². The lowest BCUT2D eigenvalue weighted by Gasteiger charge is -2.23. The quantitative estimate of drug-likeness (QED) is 0.621. The first-order valence-electron chi connectivity index (χ1n) is 7.74. The maximum absolute atomic E-state index is 13.1. The molecule has 3 aromatic carbocycles. The first kappa shape index (κ1) is 16.6. The van der Waals surface area contributed by atoms with Crippen molar-refractivity contribution in [3.63, 3.8) is 0 Å². The first-order chi connectivity index (χ1) is 11.7. The Labute approximate surface area is 149 Å². The molecule has 0 aliphatic carbocycles. The molecular weight excluding hydrogens is 364 g/mol. The Morgan fingerprint density at radius 1 is 0.750 bits per heavy atom. The van der Waals surface area contributed by atoms with E-state index in [1.165, 1.54) is 0 Å². The number of benzene rings is 3. The highest BCUT2D eigenvalue weighted by atomic mass is 79.9. The van der Waals surface area contributed by atoms with E-state index in [9.17, 15) is 9.90 Å². The zero-order valence-electron chi connectivity index (χ0n) is 13.0. The minimum atomic E-state index is -0.909. The molecule has 120 valence electrons. The second kappa shape index (κ2) is 7.56. The Balaban J connectivity index is 2.02. The van der Waals surface area contributed by atoms with Gasteiger partial charge < -0.3 is 5.11 Å². The normalized spacial score (nSPS) is 13.2. The molecule has 0 unspecified atom stereocenters. The highest BCUT2D eigenvalue weighted by Gasteiger charge is 2.30. The van der Waals surface area contributed by atoms with Crippen LogP contribution in [-0.4, -0.2) is 10.9 Å². The smallest absolute Gasteiger partial charge is 0.173 e. The average Bonchev–Trinajstić information content (AvgIpc) is 2.64. The highest BCUT2D eigenvalue weighted by molar-refractivity contribution is 9.10. The predicted molar refractivity (Wildman–Crippen MR) is 99.1 cm³/mol. The van der Waals surface area contributed by atoms with Gasteiger partial charge in [-0.05, 0) is 23.3 Å². The summed E-state index contributed by atoms with van der Waals surface area (Å²) >= 11 is 3.39. The van der Waals surface area contributed by atoms with E-state index in [1.54, 1.807) is 12.1 Å². The van der Waals surface area contributed by atoms with Gasteiger partial charge >= 0.3 is 0 Å². The summed E-state index contributed by atoms with van der Waals surface area (Å²) in [7, 11) is 0. The van der Waals surface area contributed by atoms with Gasteiger partial charge in [-0.3, -0.25) is 4.79 Å². The Bertz CT molecular complexity index is 798. The van der Waals surface area contributed by atoms with Crippen molar-refractivity contribution in [2.45, 2.75) is 12.0 Å². The largest absolute Gasteiger partial charge is 0.387 e. The monoisotopic (exact) mass is 380 g/mol. The van der Waals surface area contributed by atoms with Crippen molar-refractivity contribution < 1.29 is 9.90 Å². The van der Waals surface area contributed by atoms with Crippen LogP contribution in [0.4, 0.5) is 0 Å². The standard InChI is InChI=1S/C21H17BrO2/c22-18-13-11-17(12-14-18)21(24)19(15-7-3-1-4-8-15)20(23)16-9-5-2-6-10-16/h1-14,19,21,24H/t19-,21+/m1/s1. The van der Waals surface area contributed by atoms with Crippen LogP contribution in [0.5, 0.6) is 0 Å². The van der Waals surface area contributed by atoms with Crippen molar-refractivity contribution >= 4 is 21.7 Å². The molecule has 0 aromatic heterocycles. The highest BCUT2D eigenvalue weighted by Crippen LogP contribution is 2.34. The van der Waals surface area contributed by atoms with Gasteiger partial charge in [-0.1, -0.05) is 88.7 Å². The van der Waals surface area contributed by atoms with Gasteiger partial charge in [0.15, 0.2) is 5.78 Å². The summed E-state index contributed by atoms with van der Waals surface area (Å²) in [6.45, 7) is 0. The van der Waals surface area contributed by atoms with Gasteiger partial charge in [-0.25, -0.2) is 0 Å². The summed E-state index contributed by atoms with van der Waals surface area (Å²) in [5.41, 5.74) is 2.13. The number of aliphatic hydroxyl groups is 1. The molecule has 3 heteroatoms. The predicted octanol–water partition coefficient (Wildman–Crippen LogP) is 5.15. The van der Waals surface area contributed by atoms with Gasteiger partial charge in [-0.2, -0.15) is 0 Å². The van der Waals surface area contributed by atoms with Crippen LogP contribution in [0, 0.1) is 0 Å². The van der Waals surface area contributed by atoms with Crippen LogP contribution in [0.1, 0.15) is 33.5 Å². The topological polar surface area (TPSA) is 37.3 Å². The van der Waals surface area contributed by atoms with Gasteiger partial charge in [0.2, 0.25) is 0 Å². The fourth-order valence-corrected chi connectivity index (χ4v) is 3.04. The number of ketones is 1. The number of halogens is 1. The zero-order valence-corrected chi connectivity index (χ0v) is 14.6. The molecule has 0 fully saturated rings. The second-order valence-electron chi connectivity index (χ2n) is 5.62. The van der Waals surface area contributed by atoms with Crippen LogP contribution >= 0.6 is 15.9 Å². The lowest BCUT2D eigenvalue weighted by molar-refractivity contribution is 0.0810. The maximum atomic E-state index is 13.1. The number of aliphatic hydroxyl groups excluding tert-OH is 1. The third-order valence-corrected chi connectivity index (χ3v) is 4.56. The average molecular weight is 381 g/mol. The zero-order chi connectivity index (χ0) is 16.9. The molecule has 0 heterocycles. The minimum absolute atomic E-state index is 0.0859. The third kappa shape index (κ3) is 3.64. The van der Waals surface area contributed by atoms with Crippen molar-refractivity contribution in [2.75, 3.05) is 0 Å². The van der Waals surface area contributed by atoms with Crippen LogP contribution in [0.15, 0.2) is 89.4 Å². The summed E-state index contributed by atoms with van der Waals surface area (Å²) in [4.78, 5) is 13.1. The molecule has 1 N–H and O–H groups in total. The van der Waals surface area contributed by atoms with Gasteiger partial charge in [0.25, 0.3) is 0 Å². The van der Waals surface area contributed by atoms with Gasteiger partial charge in [0.1, 0.15) is 0 Å². The lowest BCUT2D eigenvalue weighted by atomic mass is 9.83. The Morgan fingerprint density at radius 2 is 1.29 bits per heavy atom. The lowest BCUT2D eigenvalue weighted by Crippen LogP contribution is -2.20. The molecule has 2 nitrogen and oxygen atoms in total. The fraction of sp³-hybridized carbons (Fsp3) is 0.0952. The molecule has 0 bridgehead atoms. The van der Waals surface area contributed by atoms with Crippen LogP contribution < -0.4 is 0 Å². The second-order valence-corrected chi connectivity index (χ2v) is 6.53. The van der Waals surface area contributed by atoms with E-state index in [-0.39, 0.29) is 5.78 Å². The van der Waals surface area contributed by atoms with E-state index in [0.717, 1.165) is 15.6 Å². The number of carbonyl (C=O) groups is 1. The molecule has 0 saturated heterocycles. The van der Waals surface area contributed by atoms with Gasteiger partial charge in [-0.15, -0.1) is 0 Å². The first-order valence-corrected chi connectivity index (χ1v) is 8.54. The van der Waals surface area contributed by atoms with E-state index in [1.807, 2.05) is 72.8 Å². The fourth-order valence-electron chi connectivity index (χ4n) is 2.77. The van der Waals surface area contributed by atoms with Gasteiger partial charge in [0.05, 0.1) is 12.0 Å². The van der Waals surface area contributed by atoms with Gasteiger partial charge in [0, 0.05) is 10.0 Å². The van der Waals surface area contributed by atoms with Crippen LogP contribution in [-0.2, 0) is 0 Å². The van der Waals surface area contributed by atoms with Crippen molar-refractivity contribution in [2.24, 2.45) is 0 Å². The summed E-state index contributed by atoms with van der Waals surface area (Å²) in [6.07, 6.45) is -0.909. The molecule has 0 radical (unpaired) electrons. The van der Waals surface area contributed by atoms with Crippen LogP contribution in [0.2, 0.25) is 0 Å². The number of Topliss-reactive ketones (excluding diaryl/α,β-unsaturated/α-hetero) is 1. The SMILES string of the molecule is O=C(c1ccccc1)[C@@H](c1ccccc1)[C@@H](O)c1ccc(Br)cc1. The summed E-state index contributed by atoms with van der Waals surface area (Å²) in [5, 5.41) is 10.9. The van der Waals surface area contributed by atoms with Crippen molar-refractivity contribution in [3.05, 3.63) is 106 Å². The molecule has 3 rings (SSSR count). The molecule has 0 amide bonds. The van der Waals surface area contributed by atoms with Crippen molar-refractivity contribution in [1.29, 1.82) is 0 Å².